The number of hydrogen-bond donors (Lipinski definition) is 2. The maximum absolute atomic E-state index is 12.0. The van der Waals surface area contributed by atoms with Crippen LogP contribution in [0.1, 0.15) is 18.9 Å². The van der Waals surface area contributed by atoms with Gasteiger partial charge in [0.2, 0.25) is 11.8 Å². The van der Waals surface area contributed by atoms with Crippen molar-refractivity contribution in [3.8, 4) is 5.88 Å². The number of nitrogens with zero attached hydrogens (tertiary/aromatic N) is 1. The quantitative estimate of drug-likeness (QED) is 0.776. The van der Waals surface area contributed by atoms with Crippen LogP contribution in [0, 0.1) is 0 Å². The number of pyridine rings is 1. The molecule has 0 saturated heterocycles. The average molecular weight is 378 g/mol. The minimum atomic E-state index is -0.0137. The lowest BCUT2D eigenvalue weighted by Crippen LogP contribution is -2.30. The largest absolute Gasteiger partial charge is 0.481 e. The predicted molar refractivity (Wildman–Crippen MR) is 94.5 cm³/mol. The van der Waals surface area contributed by atoms with Gasteiger partial charge in [-0.05, 0) is 36.8 Å². The number of hydrogen-bond acceptors (Lipinski definition) is 4. The van der Waals surface area contributed by atoms with E-state index in [0.717, 1.165) is 15.7 Å². The van der Waals surface area contributed by atoms with Crippen molar-refractivity contribution in [3.63, 3.8) is 0 Å². The predicted octanol–water partition coefficient (Wildman–Crippen LogP) is 3.36. The lowest BCUT2D eigenvalue weighted by atomic mass is 10.2. The first-order valence-corrected chi connectivity index (χ1v) is 8.14. The van der Waals surface area contributed by atoms with Gasteiger partial charge in [0.15, 0.2) is 0 Å². The van der Waals surface area contributed by atoms with E-state index in [1.807, 2.05) is 43.3 Å². The number of aromatic nitrogens is 1. The summed E-state index contributed by atoms with van der Waals surface area (Å²) in [6.45, 7) is 2.64. The molecule has 0 radical (unpaired) electrons. The molecule has 5 nitrogen and oxygen atoms in total. The molecule has 0 aliphatic rings. The molecule has 1 aromatic heterocycles. The summed E-state index contributed by atoms with van der Waals surface area (Å²) >= 11 is 3.37. The lowest BCUT2D eigenvalue weighted by molar-refractivity contribution is -0.116. The Labute approximate surface area is 144 Å². The van der Waals surface area contributed by atoms with Crippen LogP contribution in [0.4, 0.5) is 5.69 Å². The third-order valence-corrected chi connectivity index (χ3v) is 3.81. The molecule has 0 fully saturated rings. The van der Waals surface area contributed by atoms with Gasteiger partial charge >= 0.3 is 0 Å². The van der Waals surface area contributed by atoms with Crippen molar-refractivity contribution >= 4 is 27.5 Å². The second-order valence-electron chi connectivity index (χ2n) is 5.25. The Kier molecular flexibility index (Phi) is 6.55. The van der Waals surface area contributed by atoms with Gasteiger partial charge in [0.05, 0.1) is 7.11 Å². The molecule has 0 saturated carbocycles. The second kappa shape index (κ2) is 8.64. The molecule has 2 rings (SSSR count). The first-order chi connectivity index (χ1) is 11.1. The van der Waals surface area contributed by atoms with Crippen LogP contribution >= 0.6 is 15.9 Å². The SMILES string of the molecule is COc1ccc(CNC(C)CC(=O)Nc2ccc(Br)cc2)cn1. The maximum Gasteiger partial charge on any atom is 0.225 e. The van der Waals surface area contributed by atoms with Gasteiger partial charge in [-0.15, -0.1) is 0 Å². The summed E-state index contributed by atoms with van der Waals surface area (Å²) in [5.41, 5.74) is 1.84. The molecule has 1 atom stereocenters. The number of methoxy groups -OCH3 is 1. The van der Waals surface area contributed by atoms with Crippen molar-refractivity contribution < 1.29 is 9.53 Å². The number of carbonyl (C=O) groups is 1. The molecule has 0 aliphatic heterocycles. The fourth-order valence-electron chi connectivity index (χ4n) is 2.02. The highest BCUT2D eigenvalue weighted by atomic mass is 79.9. The number of nitrogens with one attached hydrogen (secondary N) is 2. The smallest absolute Gasteiger partial charge is 0.225 e. The van der Waals surface area contributed by atoms with E-state index in [-0.39, 0.29) is 11.9 Å². The second-order valence-corrected chi connectivity index (χ2v) is 6.17. The molecule has 0 bridgehead atoms. The number of amides is 1. The summed E-state index contributed by atoms with van der Waals surface area (Å²) in [6, 6.07) is 11.4. The van der Waals surface area contributed by atoms with Crippen LogP contribution < -0.4 is 15.4 Å². The van der Waals surface area contributed by atoms with E-state index in [0.29, 0.717) is 18.8 Å². The monoisotopic (exact) mass is 377 g/mol. The molecule has 6 heteroatoms. The summed E-state index contributed by atoms with van der Waals surface area (Å²) < 4.78 is 6.01. The molecule has 2 aromatic rings. The normalized spacial score (nSPS) is 11.8. The van der Waals surface area contributed by atoms with Crippen molar-refractivity contribution in [1.29, 1.82) is 0 Å². The third-order valence-electron chi connectivity index (χ3n) is 3.28. The van der Waals surface area contributed by atoms with Gasteiger partial charge in [-0.1, -0.05) is 22.0 Å². The van der Waals surface area contributed by atoms with Crippen LogP contribution in [-0.4, -0.2) is 24.0 Å². The molecule has 2 N–H and O–H groups in total. The molecular weight excluding hydrogens is 358 g/mol. The number of rotatable bonds is 7. The van der Waals surface area contributed by atoms with Gasteiger partial charge in [0.1, 0.15) is 0 Å². The minimum absolute atomic E-state index is 0.0137. The third kappa shape index (κ3) is 6.00. The highest BCUT2D eigenvalue weighted by Crippen LogP contribution is 2.14. The van der Waals surface area contributed by atoms with E-state index in [4.69, 9.17) is 4.74 Å². The van der Waals surface area contributed by atoms with Crippen molar-refractivity contribution in [2.24, 2.45) is 0 Å². The Morgan fingerprint density at radius 3 is 2.61 bits per heavy atom. The highest BCUT2D eigenvalue weighted by molar-refractivity contribution is 9.10. The molecule has 1 unspecified atom stereocenters. The van der Waals surface area contributed by atoms with E-state index >= 15 is 0 Å². The Hall–Kier alpha value is -1.92. The Balaban J connectivity index is 1.75. The molecule has 23 heavy (non-hydrogen) atoms. The summed E-state index contributed by atoms with van der Waals surface area (Å²) in [7, 11) is 1.59. The number of benzene rings is 1. The highest BCUT2D eigenvalue weighted by Gasteiger charge is 2.09. The summed E-state index contributed by atoms with van der Waals surface area (Å²) in [5.74, 6) is 0.579. The zero-order valence-corrected chi connectivity index (χ0v) is 14.8. The van der Waals surface area contributed by atoms with E-state index in [2.05, 4.69) is 31.5 Å². The standard InChI is InChI=1S/C17H20BrN3O2/c1-12(19-10-13-3-8-17(23-2)20-11-13)9-16(22)21-15-6-4-14(18)5-7-15/h3-8,11-12,19H,9-10H2,1-2H3,(H,21,22). The first-order valence-electron chi connectivity index (χ1n) is 7.34. The van der Waals surface area contributed by atoms with E-state index in [1.165, 1.54) is 0 Å². The van der Waals surface area contributed by atoms with Crippen LogP contribution in [0.25, 0.3) is 0 Å². The topological polar surface area (TPSA) is 63.2 Å². The summed E-state index contributed by atoms with van der Waals surface area (Å²) in [5, 5.41) is 6.20. The number of ether oxygens (including phenoxy) is 1. The van der Waals surface area contributed by atoms with E-state index in [9.17, 15) is 4.79 Å². The maximum atomic E-state index is 12.0. The first kappa shape index (κ1) is 17.4. The average Bonchev–Trinajstić information content (AvgIpc) is 2.55. The van der Waals surface area contributed by atoms with Crippen LogP contribution in [0.5, 0.6) is 5.88 Å². The van der Waals surface area contributed by atoms with Crippen LogP contribution in [-0.2, 0) is 11.3 Å². The summed E-state index contributed by atoms with van der Waals surface area (Å²) in [4.78, 5) is 16.2. The molecule has 1 heterocycles. The Bertz CT molecular complexity index is 629. The summed E-state index contributed by atoms with van der Waals surface area (Å²) in [6.07, 6.45) is 2.17. The fourth-order valence-corrected chi connectivity index (χ4v) is 2.29. The number of halogens is 1. The molecule has 0 spiro atoms. The van der Waals surface area contributed by atoms with Gasteiger partial charge in [0, 0.05) is 41.4 Å². The Morgan fingerprint density at radius 2 is 2.00 bits per heavy atom. The van der Waals surface area contributed by atoms with Crippen molar-refractivity contribution in [2.45, 2.75) is 25.9 Å². The zero-order chi connectivity index (χ0) is 16.7. The number of carbonyl (C=O) groups excluding carboxylic acids is 1. The van der Waals surface area contributed by atoms with E-state index < -0.39 is 0 Å². The van der Waals surface area contributed by atoms with Crippen LogP contribution in [0.3, 0.4) is 0 Å². The zero-order valence-electron chi connectivity index (χ0n) is 13.2. The lowest BCUT2D eigenvalue weighted by Gasteiger charge is -2.14. The van der Waals surface area contributed by atoms with Crippen molar-refractivity contribution in [2.75, 3.05) is 12.4 Å². The van der Waals surface area contributed by atoms with Crippen LogP contribution in [0.2, 0.25) is 0 Å². The molecule has 0 aliphatic carbocycles. The fraction of sp³-hybridized carbons (Fsp3) is 0.294. The molecule has 1 amide bonds. The number of anilines is 1. The van der Waals surface area contributed by atoms with E-state index in [1.54, 1.807) is 13.3 Å². The van der Waals surface area contributed by atoms with Gasteiger partial charge in [-0.2, -0.15) is 0 Å². The Morgan fingerprint density at radius 1 is 1.26 bits per heavy atom. The molecule has 122 valence electrons. The van der Waals surface area contributed by atoms with Crippen LogP contribution in [0.15, 0.2) is 47.1 Å². The van der Waals surface area contributed by atoms with Gasteiger partial charge < -0.3 is 15.4 Å². The minimum Gasteiger partial charge on any atom is -0.481 e. The van der Waals surface area contributed by atoms with Gasteiger partial charge in [-0.3, -0.25) is 4.79 Å². The van der Waals surface area contributed by atoms with Crippen molar-refractivity contribution in [1.82, 2.24) is 10.3 Å². The molecular formula is C17H20BrN3O2. The van der Waals surface area contributed by atoms with Crippen molar-refractivity contribution in [3.05, 3.63) is 52.6 Å². The molecule has 1 aromatic carbocycles. The van der Waals surface area contributed by atoms with Gasteiger partial charge in [-0.25, -0.2) is 4.98 Å². The van der Waals surface area contributed by atoms with Gasteiger partial charge in [0.25, 0.3) is 0 Å².